The maximum absolute atomic E-state index is 5.19. The fraction of sp³-hybridized carbons (Fsp3) is 0.0769. The van der Waals surface area contributed by atoms with Crippen LogP contribution in [0.3, 0.4) is 0 Å². The number of para-hydroxylation sites is 2. The zero-order chi connectivity index (χ0) is 28.5. The third kappa shape index (κ3) is 3.56. The third-order valence-electron chi connectivity index (χ3n) is 8.87. The first kappa shape index (κ1) is 24.2. The molecule has 3 aromatic heterocycles. The van der Waals surface area contributed by atoms with Crippen LogP contribution in [0.4, 0.5) is 0 Å². The van der Waals surface area contributed by atoms with E-state index in [0.29, 0.717) is 5.92 Å². The summed E-state index contributed by atoms with van der Waals surface area (Å²) in [7, 11) is 0. The van der Waals surface area contributed by atoms with Crippen LogP contribution in [-0.2, 0) is 0 Å². The Bertz CT molecular complexity index is 2490. The van der Waals surface area contributed by atoms with E-state index in [-0.39, 0.29) is 0 Å². The summed E-state index contributed by atoms with van der Waals surface area (Å²) in [6, 6.07) is 40.9. The molecule has 204 valence electrons. The molecular weight excluding hydrogens is 524 g/mol. The molecule has 0 aliphatic heterocycles. The van der Waals surface area contributed by atoms with Gasteiger partial charge in [0.1, 0.15) is 5.82 Å². The highest BCUT2D eigenvalue weighted by atomic mass is 15.1. The van der Waals surface area contributed by atoms with Crippen LogP contribution in [-0.4, -0.2) is 19.1 Å². The topological polar surface area (TPSA) is 35.6 Å². The molecule has 1 aliphatic rings. The molecule has 8 aromatic rings. The molecule has 1 aliphatic carbocycles. The lowest BCUT2D eigenvalue weighted by Gasteiger charge is -2.14. The molecule has 0 spiro atoms. The van der Waals surface area contributed by atoms with Gasteiger partial charge in [-0.05, 0) is 42.0 Å². The summed E-state index contributed by atoms with van der Waals surface area (Å²) in [5.41, 5.74) is 5.77. The zero-order valence-electron chi connectivity index (χ0n) is 23.8. The molecule has 5 aromatic carbocycles. The molecular formula is C39H28N4. The first-order valence-corrected chi connectivity index (χ1v) is 14.9. The minimum absolute atomic E-state index is 0.438. The lowest BCUT2D eigenvalue weighted by Crippen LogP contribution is -2.32. The second-order valence-electron chi connectivity index (χ2n) is 11.5. The number of benzene rings is 5. The van der Waals surface area contributed by atoms with Crippen molar-refractivity contribution in [2.24, 2.45) is 5.92 Å². The van der Waals surface area contributed by atoms with Crippen molar-refractivity contribution in [1.82, 2.24) is 19.1 Å². The second-order valence-corrected chi connectivity index (χ2v) is 11.5. The van der Waals surface area contributed by atoms with Crippen LogP contribution >= 0.6 is 0 Å². The van der Waals surface area contributed by atoms with Crippen molar-refractivity contribution in [3.8, 4) is 22.9 Å². The van der Waals surface area contributed by atoms with Crippen LogP contribution < -0.4 is 10.6 Å². The van der Waals surface area contributed by atoms with E-state index in [2.05, 4.69) is 124 Å². The Morgan fingerprint density at radius 3 is 2.23 bits per heavy atom. The molecule has 4 nitrogen and oxygen atoms in total. The SMILES string of the molecule is CC1C=c2c(c3ccc4ccc5c6ccccc6n(-c6ccccc6)c5c4c3n2-c2ccnc(-c3ccccc3)n2)=CC1. The molecule has 0 N–H and O–H groups in total. The van der Waals surface area contributed by atoms with Crippen LogP contribution in [0.2, 0.25) is 0 Å². The summed E-state index contributed by atoms with van der Waals surface area (Å²) >= 11 is 0. The summed E-state index contributed by atoms with van der Waals surface area (Å²) in [6.07, 6.45) is 7.74. The van der Waals surface area contributed by atoms with E-state index in [1.54, 1.807) is 0 Å². The van der Waals surface area contributed by atoms with E-state index in [9.17, 15) is 0 Å². The molecule has 0 fully saturated rings. The van der Waals surface area contributed by atoms with Crippen LogP contribution in [0.25, 0.3) is 78.5 Å². The van der Waals surface area contributed by atoms with Gasteiger partial charge in [-0.15, -0.1) is 0 Å². The zero-order valence-corrected chi connectivity index (χ0v) is 23.8. The molecule has 1 atom stereocenters. The van der Waals surface area contributed by atoms with Crippen molar-refractivity contribution < 1.29 is 0 Å². The molecule has 0 saturated heterocycles. The minimum atomic E-state index is 0.438. The molecule has 4 heteroatoms. The van der Waals surface area contributed by atoms with Gasteiger partial charge in [-0.3, -0.25) is 4.57 Å². The standard InChI is InChI=1S/C39H28N4/c1-25-16-19-30-32-21-18-26-17-20-31-29-14-8-9-15-33(29)42(28-12-6-3-7-13-28)37(31)36(26)38(32)43(34(30)24-25)35-22-23-40-39(41-35)27-10-4-2-5-11-27/h2-15,17-25H,16H2,1H3. The maximum atomic E-state index is 5.19. The first-order chi connectivity index (χ1) is 21.3. The fourth-order valence-corrected chi connectivity index (χ4v) is 6.98. The predicted molar refractivity (Wildman–Crippen MR) is 178 cm³/mol. The van der Waals surface area contributed by atoms with Gasteiger partial charge in [0, 0.05) is 44.2 Å². The molecule has 0 bridgehead atoms. The van der Waals surface area contributed by atoms with Crippen LogP contribution in [0.15, 0.2) is 121 Å². The average molecular weight is 553 g/mol. The number of aromatic nitrogens is 4. The molecule has 0 saturated carbocycles. The highest BCUT2D eigenvalue weighted by molar-refractivity contribution is 6.25. The Hall–Kier alpha value is -5.48. The summed E-state index contributed by atoms with van der Waals surface area (Å²) < 4.78 is 4.83. The monoisotopic (exact) mass is 552 g/mol. The Balaban J connectivity index is 1.51. The first-order valence-electron chi connectivity index (χ1n) is 14.9. The Morgan fingerprint density at radius 1 is 0.674 bits per heavy atom. The third-order valence-corrected chi connectivity index (χ3v) is 8.87. The Kier molecular flexibility index (Phi) is 5.20. The van der Waals surface area contributed by atoms with Crippen molar-refractivity contribution in [3.05, 3.63) is 132 Å². The van der Waals surface area contributed by atoms with Gasteiger partial charge in [-0.2, -0.15) is 0 Å². The van der Waals surface area contributed by atoms with E-state index in [1.165, 1.54) is 54.0 Å². The fourth-order valence-electron chi connectivity index (χ4n) is 6.98. The van der Waals surface area contributed by atoms with E-state index in [4.69, 9.17) is 4.98 Å². The lowest BCUT2D eigenvalue weighted by atomic mass is 10.00. The van der Waals surface area contributed by atoms with Gasteiger partial charge >= 0.3 is 0 Å². The van der Waals surface area contributed by atoms with E-state index >= 15 is 0 Å². The minimum Gasteiger partial charge on any atom is -0.309 e. The molecule has 43 heavy (non-hydrogen) atoms. The Labute approximate surface area is 248 Å². The summed E-state index contributed by atoms with van der Waals surface area (Å²) in [5.74, 6) is 2.05. The molecule has 0 amide bonds. The number of hydrogen-bond acceptors (Lipinski definition) is 2. The van der Waals surface area contributed by atoms with Crippen LogP contribution in [0.5, 0.6) is 0 Å². The van der Waals surface area contributed by atoms with E-state index in [0.717, 1.165) is 29.3 Å². The average Bonchev–Trinajstić information content (AvgIpc) is 3.58. The quantitative estimate of drug-likeness (QED) is 0.223. The number of rotatable bonds is 3. The maximum Gasteiger partial charge on any atom is 0.161 e. The molecule has 1 unspecified atom stereocenters. The van der Waals surface area contributed by atoms with Crippen molar-refractivity contribution in [3.63, 3.8) is 0 Å². The van der Waals surface area contributed by atoms with Gasteiger partial charge < -0.3 is 4.57 Å². The van der Waals surface area contributed by atoms with Crippen molar-refractivity contribution in [2.75, 3.05) is 0 Å². The summed E-state index contributed by atoms with van der Waals surface area (Å²) in [5, 5.41) is 8.69. The van der Waals surface area contributed by atoms with Gasteiger partial charge in [0.2, 0.25) is 0 Å². The van der Waals surface area contributed by atoms with Gasteiger partial charge in [0.05, 0.1) is 21.9 Å². The van der Waals surface area contributed by atoms with Crippen LogP contribution in [0, 0.1) is 5.92 Å². The van der Waals surface area contributed by atoms with Gasteiger partial charge in [-0.1, -0.05) is 110 Å². The highest BCUT2D eigenvalue weighted by Crippen LogP contribution is 2.39. The lowest BCUT2D eigenvalue weighted by molar-refractivity contribution is 0.791. The predicted octanol–water partition coefficient (Wildman–Crippen LogP) is 7.94. The number of nitrogens with zero attached hydrogens (tertiary/aromatic N) is 4. The molecule has 0 radical (unpaired) electrons. The van der Waals surface area contributed by atoms with Crippen molar-refractivity contribution in [2.45, 2.75) is 13.3 Å². The highest BCUT2D eigenvalue weighted by Gasteiger charge is 2.22. The molecule has 9 rings (SSSR count). The van der Waals surface area contributed by atoms with Crippen molar-refractivity contribution in [1.29, 1.82) is 0 Å². The number of hydrogen-bond donors (Lipinski definition) is 0. The molecule has 3 heterocycles. The largest absolute Gasteiger partial charge is 0.309 e. The van der Waals surface area contributed by atoms with E-state index < -0.39 is 0 Å². The van der Waals surface area contributed by atoms with Gasteiger partial charge in [0.15, 0.2) is 5.82 Å². The summed E-state index contributed by atoms with van der Waals surface area (Å²) in [4.78, 5) is 9.87. The van der Waals surface area contributed by atoms with Crippen molar-refractivity contribution >= 4 is 55.6 Å². The Morgan fingerprint density at radius 2 is 1.40 bits per heavy atom. The van der Waals surface area contributed by atoms with Crippen LogP contribution in [0.1, 0.15) is 13.3 Å². The normalized spacial score (nSPS) is 14.7. The van der Waals surface area contributed by atoms with E-state index in [1.807, 2.05) is 30.5 Å². The number of fused-ring (bicyclic) bond motifs is 9. The smallest absolute Gasteiger partial charge is 0.161 e. The van der Waals surface area contributed by atoms with Gasteiger partial charge in [-0.25, -0.2) is 9.97 Å². The summed E-state index contributed by atoms with van der Waals surface area (Å²) in [6.45, 7) is 2.29. The van der Waals surface area contributed by atoms with Gasteiger partial charge in [0.25, 0.3) is 0 Å². The second kappa shape index (κ2) is 9.27.